The van der Waals surface area contributed by atoms with Gasteiger partial charge >= 0.3 is 0 Å². The van der Waals surface area contributed by atoms with Gasteiger partial charge < -0.3 is 14.5 Å². The number of thiazole rings is 1. The normalized spacial score (nSPS) is 17.1. The number of anilines is 1. The van der Waals surface area contributed by atoms with Crippen molar-refractivity contribution < 1.29 is 9.53 Å². The van der Waals surface area contributed by atoms with Gasteiger partial charge in [0, 0.05) is 39.4 Å². The van der Waals surface area contributed by atoms with Crippen LogP contribution in [0.2, 0.25) is 0 Å². The average molecular weight is 400 g/mol. The molecular formula is C20H25N5O2S. The van der Waals surface area contributed by atoms with Gasteiger partial charge in [0.2, 0.25) is 0 Å². The molecule has 0 bridgehead atoms. The number of piperidine rings is 1. The van der Waals surface area contributed by atoms with Crippen LogP contribution in [0.5, 0.6) is 5.75 Å². The summed E-state index contributed by atoms with van der Waals surface area (Å²) in [5.74, 6) is 0.897. The van der Waals surface area contributed by atoms with Gasteiger partial charge in [-0.1, -0.05) is 11.3 Å². The van der Waals surface area contributed by atoms with Crippen molar-refractivity contribution in [3.63, 3.8) is 0 Å². The lowest BCUT2D eigenvalue weighted by Crippen LogP contribution is -2.48. The van der Waals surface area contributed by atoms with Crippen LogP contribution in [-0.4, -0.2) is 58.4 Å². The molecule has 3 aromatic rings. The Morgan fingerprint density at radius 3 is 3.04 bits per heavy atom. The third kappa shape index (κ3) is 3.69. The van der Waals surface area contributed by atoms with E-state index in [1.165, 1.54) is 0 Å². The van der Waals surface area contributed by atoms with Crippen LogP contribution in [0, 0.1) is 0 Å². The average Bonchev–Trinajstić information content (AvgIpc) is 3.33. The molecule has 1 aromatic carbocycles. The van der Waals surface area contributed by atoms with Crippen molar-refractivity contribution in [2.24, 2.45) is 7.05 Å². The van der Waals surface area contributed by atoms with E-state index in [1.54, 1.807) is 28.4 Å². The number of benzene rings is 1. The largest absolute Gasteiger partial charge is 0.494 e. The number of likely N-dealkylation sites (N-methyl/N-ethyl adjacent to an activating group) is 1. The number of ether oxygens (including phenoxy) is 1. The summed E-state index contributed by atoms with van der Waals surface area (Å²) in [6.07, 6.45) is 5.43. The van der Waals surface area contributed by atoms with Crippen LogP contribution in [0.15, 0.2) is 30.6 Å². The van der Waals surface area contributed by atoms with Gasteiger partial charge in [-0.3, -0.25) is 9.48 Å². The Morgan fingerprint density at radius 2 is 2.29 bits per heavy atom. The van der Waals surface area contributed by atoms with Crippen LogP contribution in [0.25, 0.3) is 10.2 Å². The summed E-state index contributed by atoms with van der Waals surface area (Å²) in [7, 11) is 3.71. The zero-order valence-corrected chi connectivity index (χ0v) is 17.3. The second kappa shape index (κ2) is 7.79. The van der Waals surface area contributed by atoms with Crippen molar-refractivity contribution in [2.75, 3.05) is 31.6 Å². The molecule has 2 aromatic heterocycles. The topological polar surface area (TPSA) is 63.5 Å². The molecule has 0 aliphatic carbocycles. The summed E-state index contributed by atoms with van der Waals surface area (Å²) < 4.78 is 8.39. The van der Waals surface area contributed by atoms with Crippen molar-refractivity contribution in [2.45, 2.75) is 25.8 Å². The lowest BCUT2D eigenvalue weighted by molar-refractivity contribution is 0.0717. The van der Waals surface area contributed by atoms with E-state index in [0.717, 1.165) is 47.0 Å². The molecular weight excluding hydrogens is 374 g/mol. The zero-order chi connectivity index (χ0) is 19.7. The molecule has 148 valence electrons. The number of aryl methyl sites for hydroxylation is 1. The molecule has 1 unspecified atom stereocenters. The molecule has 28 heavy (non-hydrogen) atoms. The van der Waals surface area contributed by atoms with Crippen molar-refractivity contribution >= 4 is 32.6 Å². The molecule has 8 heteroatoms. The van der Waals surface area contributed by atoms with Gasteiger partial charge in [0.1, 0.15) is 5.75 Å². The maximum absolute atomic E-state index is 12.8. The number of fused-ring (bicyclic) bond motifs is 1. The van der Waals surface area contributed by atoms with E-state index in [-0.39, 0.29) is 11.9 Å². The first-order chi connectivity index (χ1) is 13.5. The Balaban J connectivity index is 1.50. The Morgan fingerprint density at radius 1 is 1.43 bits per heavy atom. The van der Waals surface area contributed by atoms with E-state index in [9.17, 15) is 4.79 Å². The highest BCUT2D eigenvalue weighted by molar-refractivity contribution is 7.22. The molecule has 4 rings (SSSR count). The van der Waals surface area contributed by atoms with Crippen molar-refractivity contribution in [3.8, 4) is 5.75 Å². The smallest absolute Gasteiger partial charge is 0.257 e. The fourth-order valence-electron chi connectivity index (χ4n) is 3.63. The summed E-state index contributed by atoms with van der Waals surface area (Å²) >= 11 is 1.68. The molecule has 1 aliphatic heterocycles. The number of aromatic nitrogens is 3. The van der Waals surface area contributed by atoms with Crippen LogP contribution < -0.4 is 9.64 Å². The highest BCUT2D eigenvalue weighted by atomic mass is 32.1. The maximum Gasteiger partial charge on any atom is 0.257 e. The summed E-state index contributed by atoms with van der Waals surface area (Å²) in [5.41, 5.74) is 1.62. The summed E-state index contributed by atoms with van der Waals surface area (Å²) in [6.45, 7) is 4.39. The Kier molecular flexibility index (Phi) is 5.21. The van der Waals surface area contributed by atoms with Crippen molar-refractivity contribution in [3.05, 3.63) is 36.2 Å². The maximum atomic E-state index is 12.8. The number of carbonyl (C=O) groups is 1. The van der Waals surface area contributed by atoms with E-state index in [2.05, 4.69) is 16.1 Å². The first kappa shape index (κ1) is 18.7. The van der Waals surface area contributed by atoms with Crippen LogP contribution in [0.3, 0.4) is 0 Å². The van der Waals surface area contributed by atoms with E-state index >= 15 is 0 Å². The first-order valence-corrected chi connectivity index (χ1v) is 10.4. The third-order valence-corrected chi connectivity index (χ3v) is 6.23. The number of amides is 1. The monoisotopic (exact) mass is 399 g/mol. The number of hydrogen-bond donors (Lipinski definition) is 0. The minimum absolute atomic E-state index is 0.0191. The van der Waals surface area contributed by atoms with Crippen LogP contribution >= 0.6 is 11.3 Å². The Bertz CT molecular complexity index is 982. The van der Waals surface area contributed by atoms with Gasteiger partial charge in [0.25, 0.3) is 5.91 Å². The fraction of sp³-hybridized carbons (Fsp3) is 0.450. The van der Waals surface area contributed by atoms with Gasteiger partial charge in [0.05, 0.1) is 28.6 Å². The zero-order valence-electron chi connectivity index (χ0n) is 16.5. The molecule has 0 saturated carbocycles. The predicted octanol–water partition coefficient (Wildman–Crippen LogP) is 3.17. The minimum atomic E-state index is 0.0191. The number of rotatable bonds is 5. The fourth-order valence-corrected chi connectivity index (χ4v) is 4.66. The van der Waals surface area contributed by atoms with E-state index < -0.39 is 0 Å². The van der Waals surface area contributed by atoms with E-state index in [0.29, 0.717) is 12.2 Å². The third-order valence-electron chi connectivity index (χ3n) is 5.15. The van der Waals surface area contributed by atoms with Gasteiger partial charge in [0.15, 0.2) is 5.13 Å². The molecule has 0 spiro atoms. The lowest BCUT2D eigenvalue weighted by atomic mass is 10.0. The molecule has 7 nitrogen and oxygen atoms in total. The first-order valence-electron chi connectivity index (χ1n) is 9.59. The summed E-state index contributed by atoms with van der Waals surface area (Å²) in [6, 6.07) is 6.20. The standard InChI is InChI=1S/C20H25N5O2S/c1-4-27-16-7-8-17-18(10-16)28-20(22-17)25-9-5-6-15(13-25)24(3)19(26)14-11-21-23(2)12-14/h7-8,10-12,15H,4-6,9,13H2,1-3H3. The van der Waals surface area contributed by atoms with Gasteiger partial charge in [-0.05, 0) is 38.0 Å². The number of nitrogens with zero attached hydrogens (tertiary/aromatic N) is 5. The van der Waals surface area contributed by atoms with Gasteiger partial charge in [-0.15, -0.1) is 0 Å². The lowest BCUT2D eigenvalue weighted by Gasteiger charge is -2.37. The molecule has 1 atom stereocenters. The SMILES string of the molecule is CCOc1ccc2nc(N3CCCC(N(C)C(=O)c4cnn(C)c4)C3)sc2c1. The van der Waals surface area contributed by atoms with Gasteiger partial charge in [-0.2, -0.15) is 5.10 Å². The van der Waals surface area contributed by atoms with E-state index in [4.69, 9.17) is 9.72 Å². The predicted molar refractivity (Wildman–Crippen MR) is 111 cm³/mol. The molecule has 1 aliphatic rings. The van der Waals surface area contributed by atoms with Crippen molar-refractivity contribution in [1.29, 1.82) is 0 Å². The summed E-state index contributed by atoms with van der Waals surface area (Å²) in [5, 5.41) is 5.12. The molecule has 3 heterocycles. The molecule has 1 fully saturated rings. The molecule has 0 radical (unpaired) electrons. The highest BCUT2D eigenvalue weighted by Gasteiger charge is 2.28. The Hall–Kier alpha value is -2.61. The second-order valence-electron chi connectivity index (χ2n) is 7.12. The molecule has 1 saturated heterocycles. The van der Waals surface area contributed by atoms with E-state index in [1.807, 2.05) is 38.1 Å². The van der Waals surface area contributed by atoms with Crippen LogP contribution in [0.1, 0.15) is 30.1 Å². The minimum Gasteiger partial charge on any atom is -0.494 e. The highest BCUT2D eigenvalue weighted by Crippen LogP contribution is 2.33. The quantitative estimate of drug-likeness (QED) is 0.659. The van der Waals surface area contributed by atoms with Crippen LogP contribution in [0.4, 0.5) is 5.13 Å². The molecule has 1 amide bonds. The van der Waals surface area contributed by atoms with Crippen LogP contribution in [-0.2, 0) is 7.05 Å². The molecule has 0 N–H and O–H groups in total. The summed E-state index contributed by atoms with van der Waals surface area (Å²) in [4.78, 5) is 21.7. The second-order valence-corrected chi connectivity index (χ2v) is 8.13. The van der Waals surface area contributed by atoms with Crippen molar-refractivity contribution in [1.82, 2.24) is 19.7 Å². The Labute approximate surface area is 168 Å². The van der Waals surface area contributed by atoms with Gasteiger partial charge in [-0.25, -0.2) is 4.98 Å². The number of carbonyl (C=O) groups excluding carboxylic acids is 1. The number of hydrogen-bond acceptors (Lipinski definition) is 6.